The average Bonchev–Trinajstić information content (AvgIpc) is 3.03. The summed E-state index contributed by atoms with van der Waals surface area (Å²) in [5.41, 5.74) is 0.864. The Hall–Kier alpha value is -1.95. The van der Waals surface area contributed by atoms with Crippen LogP contribution in [0.5, 0.6) is 0 Å². The van der Waals surface area contributed by atoms with Gasteiger partial charge in [0.15, 0.2) is 5.82 Å². The van der Waals surface area contributed by atoms with E-state index in [4.69, 9.17) is 9.26 Å². The summed E-state index contributed by atoms with van der Waals surface area (Å²) < 4.78 is 10.7. The number of nitrogens with zero attached hydrogens (tertiary/aromatic N) is 4. The molecule has 2 aromatic rings. The monoisotopic (exact) mass is 316 g/mol. The van der Waals surface area contributed by atoms with Gasteiger partial charge in [0.2, 0.25) is 0 Å². The number of methoxy groups -OCH3 is 1. The zero-order valence-corrected chi connectivity index (χ0v) is 14.0. The quantitative estimate of drug-likeness (QED) is 0.845. The van der Waals surface area contributed by atoms with E-state index in [0.717, 1.165) is 49.6 Å². The van der Waals surface area contributed by atoms with Crippen LogP contribution in [-0.2, 0) is 11.2 Å². The van der Waals surface area contributed by atoms with Gasteiger partial charge in [-0.05, 0) is 30.9 Å². The Bertz CT molecular complexity index is 616. The summed E-state index contributed by atoms with van der Waals surface area (Å²) in [6.07, 6.45) is 5.10. The molecule has 0 saturated carbocycles. The van der Waals surface area contributed by atoms with Gasteiger partial charge in [-0.3, -0.25) is 0 Å². The summed E-state index contributed by atoms with van der Waals surface area (Å²) in [4.78, 5) is 11.3. The Morgan fingerprint density at radius 2 is 2.09 bits per heavy atom. The molecule has 3 rings (SSSR count). The molecule has 0 N–H and O–H groups in total. The SMILES string of the molecule is COC1CCN(c2ccc(-c3nc(CC(C)C)no3)cn2)CC1. The molecule has 2 aromatic heterocycles. The van der Waals surface area contributed by atoms with Gasteiger partial charge in [-0.15, -0.1) is 0 Å². The second kappa shape index (κ2) is 7.08. The van der Waals surface area contributed by atoms with Gasteiger partial charge in [0, 0.05) is 32.8 Å². The highest BCUT2D eigenvalue weighted by Crippen LogP contribution is 2.23. The third-order valence-corrected chi connectivity index (χ3v) is 4.15. The Morgan fingerprint density at radius 1 is 1.30 bits per heavy atom. The summed E-state index contributed by atoms with van der Waals surface area (Å²) in [5.74, 6) is 2.79. The first kappa shape index (κ1) is 15.9. The van der Waals surface area contributed by atoms with E-state index in [2.05, 4.69) is 33.9 Å². The highest BCUT2D eigenvalue weighted by atomic mass is 16.5. The zero-order valence-electron chi connectivity index (χ0n) is 14.0. The molecule has 23 heavy (non-hydrogen) atoms. The van der Waals surface area contributed by atoms with E-state index in [1.54, 1.807) is 7.11 Å². The van der Waals surface area contributed by atoms with Gasteiger partial charge in [0.25, 0.3) is 5.89 Å². The van der Waals surface area contributed by atoms with Crippen LogP contribution in [-0.4, -0.2) is 41.4 Å². The molecule has 0 bridgehead atoms. The van der Waals surface area contributed by atoms with Gasteiger partial charge in [-0.1, -0.05) is 19.0 Å². The topological polar surface area (TPSA) is 64.3 Å². The number of piperidine rings is 1. The predicted molar refractivity (Wildman–Crippen MR) is 88.3 cm³/mol. The summed E-state index contributed by atoms with van der Waals surface area (Å²) in [5, 5.41) is 4.02. The van der Waals surface area contributed by atoms with Gasteiger partial charge in [-0.2, -0.15) is 4.98 Å². The van der Waals surface area contributed by atoms with Crippen molar-refractivity contribution in [3.05, 3.63) is 24.2 Å². The molecule has 0 atom stereocenters. The summed E-state index contributed by atoms with van der Waals surface area (Å²) in [7, 11) is 1.78. The van der Waals surface area contributed by atoms with Gasteiger partial charge in [0.1, 0.15) is 5.82 Å². The lowest BCUT2D eigenvalue weighted by atomic mass is 10.1. The molecule has 0 unspecified atom stereocenters. The number of rotatable bonds is 5. The van der Waals surface area contributed by atoms with Gasteiger partial charge in [-0.25, -0.2) is 4.98 Å². The van der Waals surface area contributed by atoms with Crippen LogP contribution in [0.4, 0.5) is 5.82 Å². The Labute approximate surface area is 136 Å². The van der Waals surface area contributed by atoms with Crippen molar-refractivity contribution in [3.8, 4) is 11.5 Å². The fourth-order valence-electron chi connectivity index (χ4n) is 2.84. The highest BCUT2D eigenvalue weighted by Gasteiger charge is 2.20. The molecule has 124 valence electrons. The largest absolute Gasteiger partial charge is 0.381 e. The number of hydrogen-bond acceptors (Lipinski definition) is 6. The van der Waals surface area contributed by atoms with Crippen molar-refractivity contribution in [1.82, 2.24) is 15.1 Å². The fraction of sp³-hybridized carbons (Fsp3) is 0.588. The lowest BCUT2D eigenvalue weighted by Gasteiger charge is -2.32. The lowest BCUT2D eigenvalue weighted by molar-refractivity contribution is 0.0818. The fourth-order valence-corrected chi connectivity index (χ4v) is 2.84. The minimum Gasteiger partial charge on any atom is -0.381 e. The predicted octanol–water partition coefficient (Wildman–Crippen LogP) is 2.95. The number of anilines is 1. The molecule has 0 aromatic carbocycles. The lowest BCUT2D eigenvalue weighted by Crippen LogP contribution is -2.37. The van der Waals surface area contributed by atoms with E-state index in [9.17, 15) is 0 Å². The summed E-state index contributed by atoms with van der Waals surface area (Å²) in [6.45, 7) is 6.23. The van der Waals surface area contributed by atoms with Crippen molar-refractivity contribution in [2.24, 2.45) is 5.92 Å². The van der Waals surface area contributed by atoms with Gasteiger partial charge < -0.3 is 14.2 Å². The van der Waals surface area contributed by atoms with Crippen molar-refractivity contribution >= 4 is 5.82 Å². The summed E-state index contributed by atoms with van der Waals surface area (Å²) >= 11 is 0. The maximum atomic E-state index is 5.41. The van der Waals surface area contributed by atoms with Crippen molar-refractivity contribution in [2.45, 2.75) is 39.2 Å². The van der Waals surface area contributed by atoms with Crippen LogP contribution in [0, 0.1) is 5.92 Å². The van der Waals surface area contributed by atoms with E-state index in [0.29, 0.717) is 17.9 Å². The molecule has 1 saturated heterocycles. The minimum atomic E-state index is 0.378. The van der Waals surface area contributed by atoms with Crippen molar-refractivity contribution in [1.29, 1.82) is 0 Å². The van der Waals surface area contributed by atoms with Crippen LogP contribution in [0.15, 0.2) is 22.9 Å². The van der Waals surface area contributed by atoms with Crippen LogP contribution < -0.4 is 4.90 Å². The van der Waals surface area contributed by atoms with Crippen molar-refractivity contribution in [3.63, 3.8) is 0 Å². The van der Waals surface area contributed by atoms with Gasteiger partial charge in [0.05, 0.1) is 11.7 Å². The third-order valence-electron chi connectivity index (χ3n) is 4.15. The molecule has 1 fully saturated rings. The van der Waals surface area contributed by atoms with Crippen LogP contribution in [0.25, 0.3) is 11.5 Å². The second-order valence-corrected chi connectivity index (χ2v) is 6.44. The van der Waals surface area contributed by atoms with Crippen molar-refractivity contribution < 1.29 is 9.26 Å². The third kappa shape index (κ3) is 3.88. The molecule has 0 radical (unpaired) electrons. The highest BCUT2D eigenvalue weighted by molar-refractivity contribution is 5.54. The molecule has 0 spiro atoms. The molecule has 6 nitrogen and oxygen atoms in total. The molecule has 3 heterocycles. The summed E-state index contributed by atoms with van der Waals surface area (Å²) in [6, 6.07) is 4.02. The van der Waals surface area contributed by atoms with E-state index in [1.807, 2.05) is 18.3 Å². The zero-order chi connectivity index (χ0) is 16.2. The van der Waals surface area contributed by atoms with Crippen molar-refractivity contribution in [2.75, 3.05) is 25.1 Å². The number of ether oxygens (including phenoxy) is 1. The second-order valence-electron chi connectivity index (χ2n) is 6.44. The molecule has 0 amide bonds. The van der Waals surface area contributed by atoms with Crippen LogP contribution in [0.1, 0.15) is 32.5 Å². The normalized spacial score (nSPS) is 16.3. The van der Waals surface area contributed by atoms with Crippen LogP contribution >= 0.6 is 0 Å². The molecule has 1 aliphatic heterocycles. The van der Waals surface area contributed by atoms with Crippen LogP contribution in [0.2, 0.25) is 0 Å². The Kier molecular flexibility index (Phi) is 4.91. The number of pyridine rings is 1. The first-order valence-electron chi connectivity index (χ1n) is 8.22. The maximum Gasteiger partial charge on any atom is 0.259 e. The smallest absolute Gasteiger partial charge is 0.259 e. The Morgan fingerprint density at radius 3 is 2.70 bits per heavy atom. The molecule has 1 aliphatic rings. The molecule has 0 aliphatic carbocycles. The Balaban J connectivity index is 1.66. The number of aromatic nitrogens is 3. The number of hydrogen-bond donors (Lipinski definition) is 0. The molecular formula is C17H24N4O2. The van der Waals surface area contributed by atoms with E-state index in [-0.39, 0.29) is 0 Å². The molecule has 6 heteroatoms. The minimum absolute atomic E-state index is 0.378. The average molecular weight is 316 g/mol. The molecular weight excluding hydrogens is 292 g/mol. The van der Waals surface area contributed by atoms with E-state index in [1.165, 1.54) is 0 Å². The van der Waals surface area contributed by atoms with Crippen LogP contribution in [0.3, 0.4) is 0 Å². The first-order chi connectivity index (χ1) is 11.2. The van der Waals surface area contributed by atoms with E-state index < -0.39 is 0 Å². The maximum absolute atomic E-state index is 5.41. The first-order valence-corrected chi connectivity index (χ1v) is 8.22. The van der Waals surface area contributed by atoms with Gasteiger partial charge >= 0.3 is 0 Å². The van der Waals surface area contributed by atoms with E-state index >= 15 is 0 Å². The standard InChI is InChI=1S/C17H24N4O2/c1-12(2)10-15-19-17(23-20-15)13-4-5-16(18-11-13)21-8-6-14(22-3)7-9-21/h4-5,11-12,14H,6-10H2,1-3H3.